The third kappa shape index (κ3) is 3.77. The molecule has 0 aliphatic carbocycles. The number of aromatic amines is 1. The van der Waals surface area contributed by atoms with Crippen molar-refractivity contribution in [1.82, 2.24) is 20.3 Å². The van der Waals surface area contributed by atoms with Crippen LogP contribution in [0.4, 0.5) is 0 Å². The molecule has 3 heterocycles. The molecule has 3 aromatic rings. The van der Waals surface area contributed by atoms with Gasteiger partial charge in [0.15, 0.2) is 0 Å². The van der Waals surface area contributed by atoms with Crippen molar-refractivity contribution in [1.29, 1.82) is 0 Å². The van der Waals surface area contributed by atoms with Gasteiger partial charge < -0.3 is 16.0 Å². The molecule has 3 aromatic heterocycles. The molecular formula is C19H19N5O2. The smallest absolute Gasteiger partial charge is 0.270 e. The number of hydrogen-bond donors (Lipinski definition) is 3. The van der Waals surface area contributed by atoms with E-state index < -0.39 is 5.91 Å². The van der Waals surface area contributed by atoms with Crippen molar-refractivity contribution in [2.45, 2.75) is 19.9 Å². The third-order valence-corrected chi connectivity index (χ3v) is 3.74. The molecule has 0 atom stereocenters. The van der Waals surface area contributed by atoms with Crippen molar-refractivity contribution in [3.63, 3.8) is 0 Å². The number of nitrogens with one attached hydrogen (secondary N) is 2. The van der Waals surface area contributed by atoms with Crippen LogP contribution in [-0.2, 0) is 4.79 Å². The second-order valence-corrected chi connectivity index (χ2v) is 6.16. The van der Waals surface area contributed by atoms with Gasteiger partial charge >= 0.3 is 0 Å². The summed E-state index contributed by atoms with van der Waals surface area (Å²) in [5.74, 6) is -0.715. The average molecular weight is 349 g/mol. The van der Waals surface area contributed by atoms with Crippen LogP contribution in [0.5, 0.6) is 0 Å². The highest BCUT2D eigenvalue weighted by Crippen LogP contribution is 2.25. The number of carbonyl (C=O) groups excluding carboxylic acids is 2. The molecule has 3 rings (SSSR count). The third-order valence-electron chi connectivity index (χ3n) is 3.74. The summed E-state index contributed by atoms with van der Waals surface area (Å²) in [5, 5.41) is 3.67. The summed E-state index contributed by atoms with van der Waals surface area (Å²) >= 11 is 0. The van der Waals surface area contributed by atoms with Crippen LogP contribution < -0.4 is 11.1 Å². The van der Waals surface area contributed by atoms with E-state index in [1.54, 1.807) is 30.7 Å². The summed E-state index contributed by atoms with van der Waals surface area (Å²) < 4.78 is 0. The van der Waals surface area contributed by atoms with Crippen LogP contribution in [0.2, 0.25) is 0 Å². The topological polar surface area (TPSA) is 114 Å². The molecule has 4 N–H and O–H groups in total. The molecule has 0 fully saturated rings. The minimum atomic E-state index is -0.511. The fraction of sp³-hybridized carbons (Fsp3) is 0.158. The van der Waals surface area contributed by atoms with Crippen LogP contribution in [0.1, 0.15) is 29.9 Å². The number of rotatable bonds is 5. The first-order chi connectivity index (χ1) is 12.4. The van der Waals surface area contributed by atoms with Crippen LogP contribution in [-0.4, -0.2) is 32.8 Å². The Kier molecular flexibility index (Phi) is 4.79. The molecular weight excluding hydrogens is 330 g/mol. The highest BCUT2D eigenvalue weighted by molar-refractivity contribution is 5.96. The first-order valence-corrected chi connectivity index (χ1v) is 8.16. The number of amides is 2. The molecule has 0 saturated heterocycles. The normalized spacial score (nSPS) is 11.3. The maximum Gasteiger partial charge on any atom is 0.270 e. The molecule has 26 heavy (non-hydrogen) atoms. The van der Waals surface area contributed by atoms with Crippen molar-refractivity contribution in [2.75, 3.05) is 0 Å². The second-order valence-electron chi connectivity index (χ2n) is 6.16. The quantitative estimate of drug-likeness (QED) is 0.613. The van der Waals surface area contributed by atoms with Gasteiger partial charge in [-0.2, -0.15) is 0 Å². The predicted molar refractivity (Wildman–Crippen MR) is 100 cm³/mol. The van der Waals surface area contributed by atoms with E-state index in [4.69, 9.17) is 5.73 Å². The largest absolute Gasteiger partial charge is 0.366 e. The second kappa shape index (κ2) is 7.18. The summed E-state index contributed by atoms with van der Waals surface area (Å²) in [5.41, 5.74) is 8.73. The van der Waals surface area contributed by atoms with E-state index in [-0.39, 0.29) is 11.9 Å². The van der Waals surface area contributed by atoms with Gasteiger partial charge in [-0.1, -0.05) is 6.07 Å². The minimum Gasteiger partial charge on any atom is -0.366 e. The van der Waals surface area contributed by atoms with Crippen LogP contribution >= 0.6 is 0 Å². The van der Waals surface area contributed by atoms with Crippen LogP contribution in [0.3, 0.4) is 0 Å². The Morgan fingerprint density at radius 1 is 1.19 bits per heavy atom. The molecule has 2 amide bonds. The Balaban J connectivity index is 1.91. The number of primary amides is 1. The highest BCUT2D eigenvalue weighted by atomic mass is 16.2. The number of fused-ring (bicyclic) bond motifs is 1. The van der Waals surface area contributed by atoms with E-state index in [0.717, 1.165) is 22.1 Å². The molecule has 7 heteroatoms. The number of pyridine rings is 2. The summed E-state index contributed by atoms with van der Waals surface area (Å²) in [6, 6.07) is 5.51. The summed E-state index contributed by atoms with van der Waals surface area (Å²) in [4.78, 5) is 34.6. The number of nitrogens with zero attached hydrogens (tertiary/aromatic N) is 2. The molecule has 0 radical (unpaired) electrons. The zero-order valence-corrected chi connectivity index (χ0v) is 14.5. The lowest BCUT2D eigenvalue weighted by atomic mass is 10.1. The lowest BCUT2D eigenvalue weighted by Crippen LogP contribution is -2.30. The van der Waals surface area contributed by atoms with E-state index >= 15 is 0 Å². The van der Waals surface area contributed by atoms with Crippen molar-refractivity contribution >= 4 is 28.9 Å². The number of carbonyl (C=O) groups is 2. The van der Waals surface area contributed by atoms with Gasteiger partial charge in [0.05, 0.1) is 0 Å². The van der Waals surface area contributed by atoms with E-state index in [2.05, 4.69) is 20.3 Å². The number of nitrogens with two attached hydrogens (primary N) is 1. The van der Waals surface area contributed by atoms with E-state index in [1.807, 2.05) is 26.0 Å². The number of H-pyrrole nitrogens is 1. The molecule has 0 aliphatic rings. The summed E-state index contributed by atoms with van der Waals surface area (Å²) in [6.45, 7) is 3.79. The SMILES string of the molecule is CC(C)NC(=O)c1ccc(-c2cnc3[nH]cc(/C=C/C(N)=O)c3c2)cn1. The van der Waals surface area contributed by atoms with Gasteiger partial charge in [0.2, 0.25) is 5.91 Å². The van der Waals surface area contributed by atoms with E-state index in [1.165, 1.54) is 6.08 Å². The molecule has 132 valence electrons. The average Bonchev–Trinajstić information content (AvgIpc) is 3.01. The van der Waals surface area contributed by atoms with Crippen LogP contribution in [0, 0.1) is 0 Å². The van der Waals surface area contributed by atoms with Gasteiger partial charge in [-0.3, -0.25) is 14.6 Å². The molecule has 0 saturated carbocycles. The van der Waals surface area contributed by atoms with Gasteiger partial charge in [0.1, 0.15) is 11.3 Å². The molecule has 0 aromatic carbocycles. The van der Waals surface area contributed by atoms with E-state index in [0.29, 0.717) is 11.3 Å². The molecule has 0 unspecified atom stereocenters. The fourth-order valence-electron chi connectivity index (χ4n) is 2.53. The Morgan fingerprint density at radius 3 is 2.62 bits per heavy atom. The first kappa shape index (κ1) is 17.3. The monoisotopic (exact) mass is 349 g/mol. The van der Waals surface area contributed by atoms with Gasteiger partial charge in [0, 0.05) is 52.8 Å². The lowest BCUT2D eigenvalue weighted by molar-refractivity contribution is -0.113. The molecule has 0 aliphatic heterocycles. The zero-order chi connectivity index (χ0) is 18.7. The van der Waals surface area contributed by atoms with Gasteiger partial charge in [-0.15, -0.1) is 0 Å². The zero-order valence-electron chi connectivity index (χ0n) is 14.5. The summed E-state index contributed by atoms with van der Waals surface area (Å²) in [7, 11) is 0. The Morgan fingerprint density at radius 2 is 1.96 bits per heavy atom. The maximum atomic E-state index is 12.0. The fourth-order valence-corrected chi connectivity index (χ4v) is 2.53. The van der Waals surface area contributed by atoms with Crippen LogP contribution in [0.15, 0.2) is 42.9 Å². The lowest BCUT2D eigenvalue weighted by Gasteiger charge is -2.08. The Hall–Kier alpha value is -3.48. The van der Waals surface area contributed by atoms with Gasteiger partial charge in [0.25, 0.3) is 5.91 Å². The van der Waals surface area contributed by atoms with Crippen molar-refractivity contribution in [2.24, 2.45) is 5.73 Å². The number of hydrogen-bond acceptors (Lipinski definition) is 4. The molecule has 0 bridgehead atoms. The van der Waals surface area contributed by atoms with E-state index in [9.17, 15) is 9.59 Å². The predicted octanol–water partition coefficient (Wildman–Crippen LogP) is 2.26. The maximum absolute atomic E-state index is 12.0. The summed E-state index contributed by atoms with van der Waals surface area (Å²) in [6.07, 6.45) is 8.08. The molecule has 0 spiro atoms. The minimum absolute atomic E-state index is 0.0519. The van der Waals surface area contributed by atoms with Crippen molar-refractivity contribution < 1.29 is 9.59 Å². The Bertz CT molecular complexity index is 987. The highest BCUT2D eigenvalue weighted by Gasteiger charge is 2.10. The van der Waals surface area contributed by atoms with Crippen molar-refractivity contribution in [3.05, 3.63) is 54.1 Å². The van der Waals surface area contributed by atoms with Crippen LogP contribution in [0.25, 0.3) is 28.2 Å². The Labute approximate surface area is 150 Å². The van der Waals surface area contributed by atoms with Gasteiger partial charge in [-0.05, 0) is 32.1 Å². The molecule has 7 nitrogen and oxygen atoms in total. The van der Waals surface area contributed by atoms with Crippen molar-refractivity contribution in [3.8, 4) is 11.1 Å². The standard InChI is InChI=1S/C19H19N5O2/c1-11(2)24-19(26)16-5-3-12(8-21-16)14-7-15-13(4-6-17(20)25)9-22-18(15)23-10-14/h3-11H,1-2H3,(H2,20,25)(H,22,23)(H,24,26)/b6-4+. The number of aromatic nitrogens is 3. The van der Waals surface area contributed by atoms with Gasteiger partial charge in [-0.25, -0.2) is 4.98 Å². The first-order valence-electron chi connectivity index (χ1n) is 8.16.